The van der Waals surface area contributed by atoms with E-state index in [4.69, 9.17) is 0 Å². The quantitative estimate of drug-likeness (QED) is 0.638. The van der Waals surface area contributed by atoms with Crippen LogP contribution in [0.4, 0.5) is 17.1 Å². The lowest BCUT2D eigenvalue weighted by Gasteiger charge is -2.11. The van der Waals surface area contributed by atoms with E-state index in [1.165, 1.54) is 0 Å². The standard InChI is InChI=1S/C14H15N3S/c1-17(2)13-7-3-11(4-8-13)15-16-12-5-9-14(18)10-6-12/h3-10,18H,1-2H3. The van der Waals surface area contributed by atoms with Crippen molar-refractivity contribution in [1.82, 2.24) is 0 Å². The average molecular weight is 257 g/mol. The molecular formula is C14H15N3S. The predicted molar refractivity (Wildman–Crippen MR) is 78.6 cm³/mol. The molecule has 4 heteroatoms. The summed E-state index contributed by atoms with van der Waals surface area (Å²) in [5.41, 5.74) is 2.81. The lowest BCUT2D eigenvalue weighted by molar-refractivity contribution is 1.13. The molecule has 0 saturated heterocycles. The third-order valence-corrected chi connectivity index (χ3v) is 2.79. The van der Waals surface area contributed by atoms with Gasteiger partial charge in [0.1, 0.15) is 0 Å². The third-order valence-electron chi connectivity index (χ3n) is 2.50. The first-order valence-electron chi connectivity index (χ1n) is 5.63. The molecule has 2 rings (SSSR count). The summed E-state index contributed by atoms with van der Waals surface area (Å²) in [5.74, 6) is 0. The molecule has 92 valence electrons. The molecule has 0 radical (unpaired) electrons. The Morgan fingerprint density at radius 3 is 1.67 bits per heavy atom. The number of nitrogens with zero attached hydrogens (tertiary/aromatic N) is 3. The maximum absolute atomic E-state index is 4.22. The lowest BCUT2D eigenvalue weighted by atomic mass is 10.3. The number of hydrogen-bond acceptors (Lipinski definition) is 4. The van der Waals surface area contributed by atoms with Gasteiger partial charge in [-0.3, -0.25) is 0 Å². The Morgan fingerprint density at radius 2 is 1.22 bits per heavy atom. The molecule has 2 aromatic carbocycles. The smallest absolute Gasteiger partial charge is 0.0858 e. The van der Waals surface area contributed by atoms with Crippen LogP contribution in [0.3, 0.4) is 0 Å². The normalized spacial score (nSPS) is 10.8. The molecule has 0 aliphatic heterocycles. The fourth-order valence-electron chi connectivity index (χ4n) is 1.45. The zero-order valence-electron chi connectivity index (χ0n) is 10.4. The number of rotatable bonds is 3. The maximum atomic E-state index is 4.22. The molecule has 0 fully saturated rings. The number of benzene rings is 2. The van der Waals surface area contributed by atoms with Crippen LogP contribution in [-0.2, 0) is 0 Å². The molecule has 0 N–H and O–H groups in total. The fourth-order valence-corrected chi connectivity index (χ4v) is 1.60. The van der Waals surface area contributed by atoms with E-state index in [0.29, 0.717) is 0 Å². The van der Waals surface area contributed by atoms with Crippen molar-refractivity contribution in [2.45, 2.75) is 4.90 Å². The Morgan fingerprint density at radius 1 is 0.778 bits per heavy atom. The van der Waals surface area contributed by atoms with E-state index < -0.39 is 0 Å². The average Bonchev–Trinajstić information content (AvgIpc) is 2.38. The van der Waals surface area contributed by atoms with Crippen LogP contribution in [0.25, 0.3) is 0 Å². The second-order valence-electron chi connectivity index (χ2n) is 4.13. The van der Waals surface area contributed by atoms with Crippen molar-refractivity contribution >= 4 is 29.7 Å². The highest BCUT2D eigenvalue weighted by Gasteiger charge is 1.95. The van der Waals surface area contributed by atoms with E-state index in [2.05, 4.69) is 22.9 Å². The van der Waals surface area contributed by atoms with Crippen LogP contribution < -0.4 is 4.90 Å². The topological polar surface area (TPSA) is 28.0 Å². The summed E-state index contributed by atoms with van der Waals surface area (Å²) in [6.07, 6.45) is 0. The Hall–Kier alpha value is -1.81. The molecule has 0 amide bonds. The summed E-state index contributed by atoms with van der Waals surface area (Å²) in [6.45, 7) is 0. The van der Waals surface area contributed by atoms with Crippen LogP contribution in [0.15, 0.2) is 63.7 Å². The number of azo groups is 1. The van der Waals surface area contributed by atoms with E-state index in [-0.39, 0.29) is 0 Å². The molecule has 2 aromatic rings. The first-order chi connectivity index (χ1) is 8.65. The van der Waals surface area contributed by atoms with Gasteiger partial charge in [-0.2, -0.15) is 10.2 Å². The van der Waals surface area contributed by atoms with Crippen LogP contribution in [0.5, 0.6) is 0 Å². The molecule has 0 heterocycles. The van der Waals surface area contributed by atoms with Gasteiger partial charge >= 0.3 is 0 Å². The van der Waals surface area contributed by atoms with Gasteiger partial charge in [-0.15, -0.1) is 12.6 Å². The summed E-state index contributed by atoms with van der Waals surface area (Å²) >= 11 is 4.22. The Labute approximate surface area is 113 Å². The van der Waals surface area contributed by atoms with E-state index in [1.54, 1.807) is 0 Å². The summed E-state index contributed by atoms with van der Waals surface area (Å²) in [7, 11) is 4.02. The second-order valence-corrected chi connectivity index (χ2v) is 4.64. The van der Waals surface area contributed by atoms with Crippen LogP contribution in [0.2, 0.25) is 0 Å². The molecule has 0 aromatic heterocycles. The van der Waals surface area contributed by atoms with Crippen molar-refractivity contribution in [3.8, 4) is 0 Å². The minimum atomic E-state index is 0.824. The van der Waals surface area contributed by atoms with E-state index in [0.717, 1.165) is 22.0 Å². The van der Waals surface area contributed by atoms with Gasteiger partial charge in [-0.05, 0) is 48.5 Å². The summed E-state index contributed by atoms with van der Waals surface area (Å²) in [6, 6.07) is 15.5. The maximum Gasteiger partial charge on any atom is 0.0858 e. The van der Waals surface area contributed by atoms with Crippen LogP contribution in [0, 0.1) is 0 Å². The van der Waals surface area contributed by atoms with Crippen molar-refractivity contribution in [3.05, 3.63) is 48.5 Å². The van der Waals surface area contributed by atoms with Crippen LogP contribution in [-0.4, -0.2) is 14.1 Å². The monoisotopic (exact) mass is 257 g/mol. The molecule has 0 unspecified atom stereocenters. The van der Waals surface area contributed by atoms with Crippen molar-refractivity contribution in [1.29, 1.82) is 0 Å². The molecule has 3 nitrogen and oxygen atoms in total. The van der Waals surface area contributed by atoms with Gasteiger partial charge in [-0.1, -0.05) is 0 Å². The molecule has 0 atom stereocenters. The van der Waals surface area contributed by atoms with Gasteiger partial charge in [-0.25, -0.2) is 0 Å². The van der Waals surface area contributed by atoms with Crippen molar-refractivity contribution in [2.24, 2.45) is 10.2 Å². The minimum absolute atomic E-state index is 0.824. The zero-order chi connectivity index (χ0) is 13.0. The Balaban J connectivity index is 2.11. The van der Waals surface area contributed by atoms with Gasteiger partial charge in [0, 0.05) is 24.7 Å². The van der Waals surface area contributed by atoms with Gasteiger partial charge in [0.2, 0.25) is 0 Å². The Kier molecular flexibility index (Phi) is 3.99. The number of anilines is 1. The third kappa shape index (κ3) is 3.34. The molecular weight excluding hydrogens is 242 g/mol. The van der Waals surface area contributed by atoms with Crippen molar-refractivity contribution < 1.29 is 0 Å². The molecule has 0 aliphatic rings. The molecule has 0 spiro atoms. The van der Waals surface area contributed by atoms with Gasteiger partial charge in [0.05, 0.1) is 11.4 Å². The van der Waals surface area contributed by atoms with Crippen LogP contribution in [0.1, 0.15) is 0 Å². The summed E-state index contributed by atoms with van der Waals surface area (Å²) in [5, 5.41) is 8.36. The first kappa shape index (κ1) is 12.6. The number of hydrogen-bond donors (Lipinski definition) is 1. The van der Waals surface area contributed by atoms with Crippen molar-refractivity contribution in [3.63, 3.8) is 0 Å². The summed E-state index contributed by atoms with van der Waals surface area (Å²) in [4.78, 5) is 2.97. The lowest BCUT2D eigenvalue weighted by Crippen LogP contribution is -2.07. The van der Waals surface area contributed by atoms with E-state index >= 15 is 0 Å². The second kappa shape index (κ2) is 5.69. The zero-order valence-corrected chi connectivity index (χ0v) is 11.3. The molecule has 0 saturated carbocycles. The highest BCUT2D eigenvalue weighted by Crippen LogP contribution is 2.21. The molecule has 0 bridgehead atoms. The molecule has 0 aliphatic carbocycles. The predicted octanol–water partition coefficient (Wildman–Crippen LogP) is 4.46. The van der Waals surface area contributed by atoms with E-state index in [1.807, 2.05) is 67.5 Å². The largest absolute Gasteiger partial charge is 0.378 e. The SMILES string of the molecule is CN(C)c1ccc(N=Nc2ccc(S)cc2)cc1. The highest BCUT2D eigenvalue weighted by molar-refractivity contribution is 7.80. The van der Waals surface area contributed by atoms with Gasteiger partial charge in [0.15, 0.2) is 0 Å². The number of thiol groups is 1. The Bertz CT molecular complexity index is 530. The fraction of sp³-hybridized carbons (Fsp3) is 0.143. The van der Waals surface area contributed by atoms with Crippen LogP contribution >= 0.6 is 12.6 Å². The highest BCUT2D eigenvalue weighted by atomic mass is 32.1. The van der Waals surface area contributed by atoms with E-state index in [9.17, 15) is 0 Å². The van der Waals surface area contributed by atoms with Gasteiger partial charge in [0.25, 0.3) is 0 Å². The van der Waals surface area contributed by atoms with Crippen molar-refractivity contribution in [2.75, 3.05) is 19.0 Å². The first-order valence-corrected chi connectivity index (χ1v) is 6.08. The molecule has 18 heavy (non-hydrogen) atoms. The minimum Gasteiger partial charge on any atom is -0.378 e. The van der Waals surface area contributed by atoms with Gasteiger partial charge < -0.3 is 4.90 Å². The summed E-state index contributed by atoms with van der Waals surface area (Å²) < 4.78 is 0.